The molecule has 0 aromatic rings. The summed E-state index contributed by atoms with van der Waals surface area (Å²) < 4.78 is 31.3. The highest BCUT2D eigenvalue weighted by atomic mass is 127. The molecule has 6 heteroatoms. The predicted octanol–water partition coefficient (Wildman–Crippen LogP) is 4.53. The van der Waals surface area contributed by atoms with Crippen LogP contribution in [0, 0.1) is 28.6 Å². The maximum Gasteiger partial charge on any atom is 0.188 e. The Balaban J connectivity index is 1.30. The van der Waals surface area contributed by atoms with Crippen molar-refractivity contribution in [1.82, 2.24) is 0 Å². The van der Waals surface area contributed by atoms with Gasteiger partial charge < -0.3 is 22.0 Å². The molecule has 0 unspecified atom stereocenters. The summed E-state index contributed by atoms with van der Waals surface area (Å²) in [5.41, 5.74) is 1.94. The molecule has 0 bridgehead atoms. The van der Waals surface area contributed by atoms with Gasteiger partial charge in [-0.2, -0.15) is 0 Å². The lowest BCUT2D eigenvalue weighted by Gasteiger charge is -2.74. The minimum Gasteiger partial charge on any atom is -0.347 e. The molecule has 6 fully saturated rings. The van der Waals surface area contributed by atoms with E-state index in [0.29, 0.717) is 23.2 Å². The van der Waals surface area contributed by atoms with Crippen LogP contribution in [0.2, 0.25) is 0 Å². The van der Waals surface area contributed by atoms with Gasteiger partial charge in [0, 0.05) is 29.6 Å². The number of ether oxygens (including phenoxy) is 4. The van der Waals surface area contributed by atoms with Crippen molar-refractivity contribution in [1.29, 1.82) is 0 Å². The molecule has 6 atom stereocenters. The first-order valence-corrected chi connectivity index (χ1v) is 12.5. The maximum atomic E-state index is 6.42. The Morgan fingerprint density at radius 2 is 1.72 bits per heavy atom. The standard InChI is InChI=1S/C23H31IO5/c1-19-13-21(29-24)14-20-6-7-22(25-8-9-26-22)12-15(20)2-3-16(18(20)21)17(19)4-5-23(19)27-10-11-28-23/h12,16-18H,2-11,13-14H2,1H3/t16-,17-,18-,19-,20+,21-/m0/s1. The van der Waals surface area contributed by atoms with Crippen LogP contribution in [0.4, 0.5) is 0 Å². The zero-order valence-electron chi connectivity index (χ0n) is 17.2. The topological polar surface area (TPSA) is 46.2 Å². The van der Waals surface area contributed by atoms with Crippen LogP contribution >= 0.6 is 23.0 Å². The second-order valence-electron chi connectivity index (χ2n) is 11.0. The van der Waals surface area contributed by atoms with Crippen LogP contribution < -0.4 is 0 Å². The average molecular weight is 514 g/mol. The molecule has 29 heavy (non-hydrogen) atoms. The van der Waals surface area contributed by atoms with Gasteiger partial charge in [-0.05, 0) is 56.4 Å². The Morgan fingerprint density at radius 1 is 0.966 bits per heavy atom. The van der Waals surface area contributed by atoms with Crippen molar-refractivity contribution in [2.75, 3.05) is 26.4 Å². The SMILES string of the molecule is C[C@]12C[C@]3(OI)C[C@]45CCC6(C=C4CC[C@H]([C@H]35)[C@@H]1CCC21OCCO1)OCCO6. The number of hydrogen-bond donors (Lipinski definition) is 0. The van der Waals surface area contributed by atoms with Gasteiger partial charge in [0.2, 0.25) is 0 Å². The van der Waals surface area contributed by atoms with E-state index in [9.17, 15) is 0 Å². The van der Waals surface area contributed by atoms with Crippen molar-refractivity contribution in [3.05, 3.63) is 11.6 Å². The molecule has 0 aromatic carbocycles. The zero-order valence-corrected chi connectivity index (χ0v) is 19.4. The van der Waals surface area contributed by atoms with Gasteiger partial charge in [0.25, 0.3) is 0 Å². The second-order valence-corrected chi connectivity index (χ2v) is 11.5. The van der Waals surface area contributed by atoms with Gasteiger partial charge in [-0.25, -0.2) is 0 Å². The van der Waals surface area contributed by atoms with Gasteiger partial charge in [-0.3, -0.25) is 0 Å². The van der Waals surface area contributed by atoms with E-state index in [1.54, 1.807) is 5.57 Å². The summed E-state index contributed by atoms with van der Waals surface area (Å²) in [7, 11) is 0. The smallest absolute Gasteiger partial charge is 0.188 e. The first-order chi connectivity index (χ1) is 14.0. The highest BCUT2D eigenvalue weighted by Crippen LogP contribution is 2.79. The summed E-state index contributed by atoms with van der Waals surface area (Å²) in [6, 6.07) is 0. The van der Waals surface area contributed by atoms with E-state index >= 15 is 0 Å². The lowest BCUT2D eigenvalue weighted by molar-refractivity contribution is -0.306. The lowest BCUT2D eigenvalue weighted by Crippen LogP contribution is -2.74. The third-order valence-corrected chi connectivity index (χ3v) is 11.1. The molecule has 2 aliphatic heterocycles. The fraction of sp³-hybridized carbons (Fsp3) is 0.913. The van der Waals surface area contributed by atoms with Crippen LogP contribution in [-0.4, -0.2) is 43.6 Å². The Labute approximate surface area is 186 Å². The normalized spacial score (nSPS) is 53.3. The number of hydrogen-bond acceptors (Lipinski definition) is 5. The highest BCUT2D eigenvalue weighted by Gasteiger charge is 2.79. The quantitative estimate of drug-likeness (QED) is 0.380. The van der Waals surface area contributed by atoms with Crippen LogP contribution in [0.5, 0.6) is 0 Å². The molecule has 2 saturated heterocycles. The molecular formula is C23H31IO5. The van der Waals surface area contributed by atoms with Crippen LogP contribution in [0.25, 0.3) is 0 Å². The van der Waals surface area contributed by atoms with Crippen LogP contribution in [-0.2, 0) is 22.0 Å². The Hall–Kier alpha value is 0.270. The third kappa shape index (κ3) is 2.06. The zero-order chi connectivity index (χ0) is 19.5. The molecular weight excluding hydrogens is 483 g/mol. The summed E-state index contributed by atoms with van der Waals surface area (Å²) in [5, 5.41) is 0. The summed E-state index contributed by atoms with van der Waals surface area (Å²) in [6.45, 7) is 5.40. The monoisotopic (exact) mass is 514 g/mol. The molecule has 160 valence electrons. The number of allylic oxidation sites excluding steroid dienone is 1. The molecule has 0 radical (unpaired) electrons. The van der Waals surface area contributed by atoms with Crippen molar-refractivity contribution >= 4 is 23.0 Å². The van der Waals surface area contributed by atoms with E-state index < -0.39 is 5.79 Å². The first kappa shape index (κ1) is 18.8. The Kier molecular flexibility index (Phi) is 3.75. The lowest BCUT2D eigenvalue weighted by atomic mass is 9.33. The minimum absolute atomic E-state index is 0.0372. The van der Waals surface area contributed by atoms with Gasteiger partial charge in [-0.15, -0.1) is 0 Å². The summed E-state index contributed by atoms with van der Waals surface area (Å²) in [6.07, 6.45) is 11.5. The molecule has 5 aliphatic carbocycles. The van der Waals surface area contributed by atoms with Crippen molar-refractivity contribution in [3.63, 3.8) is 0 Å². The molecule has 7 aliphatic rings. The second kappa shape index (κ2) is 5.79. The van der Waals surface area contributed by atoms with E-state index in [1.165, 1.54) is 25.7 Å². The molecule has 2 heterocycles. The molecule has 5 nitrogen and oxygen atoms in total. The highest BCUT2D eigenvalue weighted by molar-refractivity contribution is 14.1. The largest absolute Gasteiger partial charge is 0.347 e. The van der Waals surface area contributed by atoms with E-state index in [4.69, 9.17) is 22.0 Å². The number of rotatable bonds is 1. The Morgan fingerprint density at radius 3 is 2.48 bits per heavy atom. The van der Waals surface area contributed by atoms with E-state index in [2.05, 4.69) is 36.0 Å². The summed E-state index contributed by atoms with van der Waals surface area (Å²) in [5.74, 6) is 1.22. The van der Waals surface area contributed by atoms with E-state index in [0.717, 1.165) is 52.1 Å². The average Bonchev–Trinajstić information content (AvgIpc) is 3.42. The summed E-state index contributed by atoms with van der Waals surface area (Å²) in [4.78, 5) is 0. The molecule has 0 N–H and O–H groups in total. The number of fused-ring (bicyclic) bond motifs is 3. The first-order valence-electron chi connectivity index (χ1n) is 11.6. The Bertz CT molecular complexity index is 771. The minimum atomic E-state index is -0.428. The fourth-order valence-electron chi connectivity index (χ4n) is 9.47. The van der Waals surface area contributed by atoms with Crippen molar-refractivity contribution < 1.29 is 22.0 Å². The van der Waals surface area contributed by atoms with Gasteiger partial charge in [0.1, 0.15) is 23.0 Å². The van der Waals surface area contributed by atoms with Crippen LogP contribution in [0.15, 0.2) is 11.6 Å². The van der Waals surface area contributed by atoms with Gasteiger partial charge in [-0.1, -0.05) is 12.5 Å². The van der Waals surface area contributed by atoms with Crippen LogP contribution in [0.3, 0.4) is 0 Å². The summed E-state index contributed by atoms with van der Waals surface area (Å²) >= 11 is 2.20. The van der Waals surface area contributed by atoms with Crippen molar-refractivity contribution in [2.24, 2.45) is 28.6 Å². The van der Waals surface area contributed by atoms with Gasteiger partial charge in [0.15, 0.2) is 11.6 Å². The van der Waals surface area contributed by atoms with E-state index in [1.807, 2.05) is 0 Å². The predicted molar refractivity (Wildman–Crippen MR) is 113 cm³/mol. The molecule has 4 saturated carbocycles. The van der Waals surface area contributed by atoms with Crippen LogP contribution in [0.1, 0.15) is 58.3 Å². The molecule has 0 amide bonds. The van der Waals surface area contributed by atoms with Crippen molar-refractivity contribution in [2.45, 2.75) is 75.5 Å². The third-order valence-electron chi connectivity index (χ3n) is 10.2. The molecule has 7 rings (SSSR count). The fourth-order valence-corrected chi connectivity index (χ4v) is 10.1. The molecule has 3 spiro atoms. The molecule has 0 aromatic heterocycles. The van der Waals surface area contributed by atoms with E-state index in [-0.39, 0.29) is 16.8 Å². The van der Waals surface area contributed by atoms with Gasteiger partial charge in [0.05, 0.1) is 32.0 Å². The van der Waals surface area contributed by atoms with Gasteiger partial charge >= 0.3 is 0 Å². The van der Waals surface area contributed by atoms with Crippen molar-refractivity contribution in [3.8, 4) is 0 Å². The number of halogens is 1. The maximum absolute atomic E-state index is 6.42.